The molecule has 3 rings (SSSR count). The molecule has 2 aromatic heterocycles. The number of amides is 1. The number of nitrogens with two attached hydrogens (primary N) is 1. The van der Waals surface area contributed by atoms with Gasteiger partial charge in [0.15, 0.2) is 0 Å². The molecule has 1 fully saturated rings. The van der Waals surface area contributed by atoms with Gasteiger partial charge >= 0.3 is 0 Å². The van der Waals surface area contributed by atoms with Crippen molar-refractivity contribution < 1.29 is 9.32 Å². The number of fused-ring (bicyclic) bond motifs is 1. The number of aromatic nitrogens is 2. The van der Waals surface area contributed by atoms with Gasteiger partial charge in [-0.15, -0.1) is 12.4 Å². The smallest absolute Gasteiger partial charge is 0.257 e. The predicted molar refractivity (Wildman–Crippen MR) is 81.5 cm³/mol. The quantitative estimate of drug-likeness (QED) is 0.903. The molecule has 0 unspecified atom stereocenters. The molecule has 7 heteroatoms. The van der Waals surface area contributed by atoms with Crippen LogP contribution < -0.4 is 11.1 Å². The number of nitrogens with one attached hydrogen (secondary N) is 1. The number of aryl methyl sites for hydroxylation is 1. The van der Waals surface area contributed by atoms with Gasteiger partial charge in [-0.1, -0.05) is 18.0 Å². The third kappa shape index (κ3) is 2.87. The first kappa shape index (κ1) is 15.7. The molecule has 21 heavy (non-hydrogen) atoms. The van der Waals surface area contributed by atoms with Gasteiger partial charge in [0, 0.05) is 12.7 Å². The summed E-state index contributed by atoms with van der Waals surface area (Å²) in [4.78, 5) is 16.5. The Labute approximate surface area is 128 Å². The van der Waals surface area contributed by atoms with E-state index >= 15 is 0 Å². The lowest BCUT2D eigenvalue weighted by atomic mass is 9.97. The van der Waals surface area contributed by atoms with E-state index in [4.69, 9.17) is 10.3 Å². The van der Waals surface area contributed by atoms with Crippen molar-refractivity contribution in [1.82, 2.24) is 15.5 Å². The van der Waals surface area contributed by atoms with Crippen LogP contribution in [0.4, 0.5) is 0 Å². The van der Waals surface area contributed by atoms with Crippen LogP contribution in [0.3, 0.4) is 0 Å². The molecule has 2 aromatic rings. The standard InChI is InChI=1S/C14H18N4O2.ClH/c1-9-11-6-10(7-16-13(11)20-18-9)12(19)17-14(8-15)4-2-3-5-14;/h6-7H,2-5,8,15H2,1H3,(H,17,19);1H. The van der Waals surface area contributed by atoms with E-state index in [0.29, 0.717) is 17.8 Å². The first-order valence-electron chi connectivity index (χ1n) is 6.88. The Morgan fingerprint density at radius 2 is 2.19 bits per heavy atom. The molecule has 0 aliphatic heterocycles. The molecule has 0 radical (unpaired) electrons. The number of pyridine rings is 1. The highest BCUT2D eigenvalue weighted by Gasteiger charge is 2.34. The minimum absolute atomic E-state index is 0. The molecule has 1 saturated carbocycles. The zero-order chi connectivity index (χ0) is 14.2. The van der Waals surface area contributed by atoms with E-state index in [9.17, 15) is 4.79 Å². The topological polar surface area (TPSA) is 94.0 Å². The van der Waals surface area contributed by atoms with Gasteiger partial charge in [0.1, 0.15) is 0 Å². The predicted octanol–water partition coefficient (Wildman–Crippen LogP) is 1.95. The van der Waals surface area contributed by atoms with Crippen molar-refractivity contribution in [1.29, 1.82) is 0 Å². The highest BCUT2D eigenvalue weighted by Crippen LogP contribution is 2.29. The SMILES string of the molecule is Cc1noc2ncc(C(=O)NC3(CN)CCCC3)cc12.Cl. The fourth-order valence-electron chi connectivity index (χ4n) is 2.81. The number of hydrogen-bond donors (Lipinski definition) is 2. The van der Waals surface area contributed by atoms with E-state index in [1.54, 1.807) is 6.07 Å². The molecule has 1 aliphatic rings. The van der Waals surface area contributed by atoms with Crippen molar-refractivity contribution in [3.05, 3.63) is 23.5 Å². The molecule has 2 heterocycles. The van der Waals surface area contributed by atoms with Crippen LogP contribution in [0.15, 0.2) is 16.8 Å². The molecule has 1 amide bonds. The summed E-state index contributed by atoms with van der Waals surface area (Å²) in [6.45, 7) is 2.30. The van der Waals surface area contributed by atoms with Gasteiger partial charge in [0.25, 0.3) is 11.6 Å². The number of rotatable bonds is 3. The average Bonchev–Trinajstić information content (AvgIpc) is 3.07. The first-order valence-corrected chi connectivity index (χ1v) is 6.88. The minimum Gasteiger partial charge on any atom is -0.345 e. The van der Waals surface area contributed by atoms with E-state index in [1.807, 2.05) is 6.92 Å². The van der Waals surface area contributed by atoms with E-state index < -0.39 is 0 Å². The largest absolute Gasteiger partial charge is 0.345 e. The maximum Gasteiger partial charge on any atom is 0.257 e. The Balaban J connectivity index is 0.00000161. The Kier molecular flexibility index (Phi) is 4.49. The molecular formula is C14H19ClN4O2. The van der Waals surface area contributed by atoms with Gasteiger partial charge in [-0.2, -0.15) is 0 Å². The fourth-order valence-corrected chi connectivity index (χ4v) is 2.81. The van der Waals surface area contributed by atoms with Crippen LogP contribution in [0.1, 0.15) is 41.7 Å². The minimum atomic E-state index is -0.254. The Morgan fingerprint density at radius 3 is 2.86 bits per heavy atom. The van der Waals surface area contributed by atoms with Crippen LogP contribution in [0.5, 0.6) is 0 Å². The normalized spacial score (nSPS) is 16.7. The monoisotopic (exact) mass is 310 g/mol. The average molecular weight is 311 g/mol. The van der Waals surface area contributed by atoms with Crippen molar-refractivity contribution >= 4 is 29.4 Å². The summed E-state index contributed by atoms with van der Waals surface area (Å²) < 4.78 is 5.05. The highest BCUT2D eigenvalue weighted by molar-refractivity contribution is 5.97. The van der Waals surface area contributed by atoms with Gasteiger partial charge in [-0.05, 0) is 25.8 Å². The van der Waals surface area contributed by atoms with Crippen LogP contribution in [0.25, 0.3) is 11.1 Å². The van der Waals surface area contributed by atoms with Gasteiger partial charge < -0.3 is 15.6 Å². The first-order chi connectivity index (χ1) is 9.63. The number of carbonyl (C=O) groups is 1. The number of carbonyl (C=O) groups excluding carboxylic acids is 1. The molecule has 0 bridgehead atoms. The van der Waals surface area contributed by atoms with Gasteiger partial charge in [0.2, 0.25) is 0 Å². The number of nitrogens with zero attached hydrogens (tertiary/aromatic N) is 2. The summed E-state index contributed by atoms with van der Waals surface area (Å²) >= 11 is 0. The van der Waals surface area contributed by atoms with Crippen molar-refractivity contribution in [3.63, 3.8) is 0 Å². The van der Waals surface area contributed by atoms with E-state index in [-0.39, 0.29) is 23.9 Å². The molecule has 0 spiro atoms. The maximum absolute atomic E-state index is 12.4. The molecule has 6 nitrogen and oxygen atoms in total. The summed E-state index contributed by atoms with van der Waals surface area (Å²) in [5.41, 5.74) is 7.29. The van der Waals surface area contributed by atoms with Crippen molar-refractivity contribution in [3.8, 4) is 0 Å². The Bertz CT molecular complexity index is 649. The molecular weight excluding hydrogens is 292 g/mol. The Morgan fingerprint density at radius 1 is 1.48 bits per heavy atom. The third-order valence-corrected chi connectivity index (χ3v) is 4.10. The van der Waals surface area contributed by atoms with E-state index in [1.165, 1.54) is 6.20 Å². The third-order valence-electron chi connectivity index (χ3n) is 4.10. The second kappa shape index (κ2) is 5.99. The summed E-state index contributed by atoms with van der Waals surface area (Å²) in [6.07, 6.45) is 5.62. The lowest BCUT2D eigenvalue weighted by Gasteiger charge is -2.28. The highest BCUT2D eigenvalue weighted by atomic mass is 35.5. The zero-order valence-electron chi connectivity index (χ0n) is 11.9. The molecule has 114 valence electrons. The van der Waals surface area contributed by atoms with Crippen molar-refractivity contribution in [2.45, 2.75) is 38.1 Å². The molecule has 0 saturated heterocycles. The van der Waals surface area contributed by atoms with Crippen LogP contribution in [-0.2, 0) is 0 Å². The van der Waals surface area contributed by atoms with Crippen molar-refractivity contribution in [2.24, 2.45) is 5.73 Å². The lowest BCUT2D eigenvalue weighted by Crippen LogP contribution is -2.51. The van der Waals surface area contributed by atoms with E-state index in [0.717, 1.165) is 36.8 Å². The second-order valence-corrected chi connectivity index (χ2v) is 5.49. The van der Waals surface area contributed by atoms with Gasteiger partial charge in [0.05, 0.1) is 22.2 Å². The summed E-state index contributed by atoms with van der Waals surface area (Å²) in [6, 6.07) is 1.77. The summed E-state index contributed by atoms with van der Waals surface area (Å²) in [5.74, 6) is -0.132. The summed E-state index contributed by atoms with van der Waals surface area (Å²) in [7, 11) is 0. The molecule has 0 atom stereocenters. The lowest BCUT2D eigenvalue weighted by molar-refractivity contribution is 0.0903. The van der Waals surface area contributed by atoms with Crippen LogP contribution in [-0.4, -0.2) is 28.1 Å². The van der Waals surface area contributed by atoms with Gasteiger partial charge in [-0.25, -0.2) is 4.98 Å². The van der Waals surface area contributed by atoms with E-state index in [2.05, 4.69) is 15.5 Å². The molecule has 1 aliphatic carbocycles. The van der Waals surface area contributed by atoms with Crippen LogP contribution in [0.2, 0.25) is 0 Å². The van der Waals surface area contributed by atoms with Gasteiger partial charge in [-0.3, -0.25) is 4.79 Å². The fraction of sp³-hybridized carbons (Fsp3) is 0.500. The van der Waals surface area contributed by atoms with Crippen molar-refractivity contribution in [2.75, 3.05) is 6.54 Å². The molecule has 0 aromatic carbocycles. The maximum atomic E-state index is 12.4. The number of halogens is 1. The summed E-state index contributed by atoms with van der Waals surface area (Å²) in [5, 5.41) is 7.69. The molecule has 3 N–H and O–H groups in total. The van der Waals surface area contributed by atoms with Crippen LogP contribution in [0, 0.1) is 6.92 Å². The second-order valence-electron chi connectivity index (χ2n) is 5.49. The number of hydrogen-bond acceptors (Lipinski definition) is 5. The Hall–Kier alpha value is -1.66. The zero-order valence-corrected chi connectivity index (χ0v) is 12.7. The van der Waals surface area contributed by atoms with Crippen LogP contribution >= 0.6 is 12.4 Å².